The number of quaternary nitrogens is 1. The van der Waals surface area contributed by atoms with Crippen LogP contribution in [0.25, 0.3) is 0 Å². The van der Waals surface area contributed by atoms with E-state index in [1.54, 1.807) is 0 Å². The van der Waals surface area contributed by atoms with Crippen LogP contribution in [0.15, 0.2) is 24.3 Å². The van der Waals surface area contributed by atoms with Crippen molar-refractivity contribution in [1.29, 1.82) is 0 Å². The average molecular weight is 291 g/mol. The Bertz CT molecular complexity index is 290. The molecule has 0 aromatic heterocycles. The zero-order valence-electron chi connectivity index (χ0n) is 7.63. The molecule has 4 heteroatoms. The minimum Gasteiger partial charge on any atom is -1.00 e. The maximum absolute atomic E-state index is 5.89. The van der Waals surface area contributed by atoms with Crippen molar-refractivity contribution in [3.8, 4) is 0 Å². The second-order valence-electron chi connectivity index (χ2n) is 3.06. The van der Waals surface area contributed by atoms with E-state index in [1.807, 2.05) is 6.07 Å². The minimum absolute atomic E-state index is 0. The Kier molecular flexibility index (Phi) is 3.52. The maximum atomic E-state index is 5.89. The van der Waals surface area contributed by atoms with Crippen molar-refractivity contribution in [3.63, 3.8) is 0 Å². The van der Waals surface area contributed by atoms with Gasteiger partial charge in [0.25, 0.3) is 0 Å². The van der Waals surface area contributed by atoms with E-state index >= 15 is 0 Å². The summed E-state index contributed by atoms with van der Waals surface area (Å²) in [5.74, 6) is 5.89. The lowest BCUT2D eigenvalue weighted by molar-refractivity contribution is -0.838. The van der Waals surface area contributed by atoms with Crippen LogP contribution in [-0.4, -0.2) is 13.2 Å². The monoisotopic (exact) mass is 291 g/mol. The van der Waals surface area contributed by atoms with Crippen molar-refractivity contribution < 1.29 is 29.0 Å². The summed E-state index contributed by atoms with van der Waals surface area (Å²) in [6.45, 7) is 4.06. The van der Waals surface area contributed by atoms with Gasteiger partial charge in [0.2, 0.25) is 0 Å². The highest BCUT2D eigenvalue weighted by Gasteiger charge is 2.26. The van der Waals surface area contributed by atoms with E-state index in [0.29, 0.717) is 0 Å². The lowest BCUT2D eigenvalue weighted by Gasteiger charge is -2.11. The van der Waals surface area contributed by atoms with Crippen molar-refractivity contribution >= 4 is 11.4 Å². The number of fused-ring (bicyclic) bond motifs is 1. The summed E-state index contributed by atoms with van der Waals surface area (Å²) < 4.78 is 0. The van der Waals surface area contributed by atoms with Crippen LogP contribution in [0, 0.1) is 0 Å². The first-order valence-corrected chi connectivity index (χ1v) is 4.28. The molecule has 1 aliphatic rings. The highest BCUT2D eigenvalue weighted by atomic mass is 127. The van der Waals surface area contributed by atoms with Gasteiger partial charge in [-0.1, -0.05) is 12.1 Å². The number of nitrogens with one attached hydrogen (secondary N) is 1. The Morgan fingerprint density at radius 3 is 2.85 bits per heavy atom. The molecule has 0 aliphatic carbocycles. The molecule has 1 aromatic carbocycles. The van der Waals surface area contributed by atoms with Gasteiger partial charge in [-0.3, -0.25) is 0 Å². The average Bonchev–Trinajstić information content (AvgIpc) is 2.44. The van der Waals surface area contributed by atoms with E-state index in [0.717, 1.165) is 18.2 Å². The molecular weight excluding hydrogens is 277 g/mol. The molecule has 3 N–H and O–H groups in total. The van der Waals surface area contributed by atoms with E-state index in [2.05, 4.69) is 30.0 Å². The van der Waals surface area contributed by atoms with E-state index in [4.69, 9.17) is 5.84 Å². The molecule has 0 saturated carbocycles. The largest absolute Gasteiger partial charge is 1.00 e. The number of nitrogen functional groups attached to an aromatic ring is 1. The second-order valence-corrected chi connectivity index (χ2v) is 3.06. The van der Waals surface area contributed by atoms with Crippen molar-refractivity contribution in [3.05, 3.63) is 24.3 Å². The lowest BCUT2D eigenvalue weighted by atomic mass is 10.2. The van der Waals surface area contributed by atoms with Gasteiger partial charge < -0.3 is 28.9 Å². The van der Waals surface area contributed by atoms with E-state index in [9.17, 15) is 0 Å². The highest BCUT2D eigenvalue weighted by molar-refractivity contribution is 5.64. The second kappa shape index (κ2) is 4.26. The fraction of sp³-hybridized carbons (Fsp3) is 0.333. The van der Waals surface area contributed by atoms with E-state index in [-0.39, 0.29) is 24.0 Å². The number of halogens is 1. The zero-order chi connectivity index (χ0) is 8.55. The topological polar surface area (TPSA) is 33.7 Å². The smallest absolute Gasteiger partial charge is 0.175 e. The molecule has 1 heterocycles. The van der Waals surface area contributed by atoms with E-state index < -0.39 is 0 Å². The molecule has 3 nitrogen and oxygen atoms in total. The number of para-hydroxylation sites is 2. The number of hydrogen-bond donors (Lipinski definition) is 2. The summed E-state index contributed by atoms with van der Waals surface area (Å²) >= 11 is 0. The van der Waals surface area contributed by atoms with Gasteiger partial charge in [-0.2, -0.15) is 5.84 Å². The van der Waals surface area contributed by atoms with Gasteiger partial charge in [0, 0.05) is 12.6 Å². The third kappa shape index (κ3) is 1.79. The van der Waals surface area contributed by atoms with Crippen LogP contribution in [0.4, 0.5) is 11.4 Å². The quantitative estimate of drug-likeness (QED) is 0.424. The van der Waals surface area contributed by atoms with Crippen molar-refractivity contribution in [2.24, 2.45) is 5.84 Å². The number of nitrogens with two attached hydrogens (primary N) is 1. The van der Waals surface area contributed by atoms with Gasteiger partial charge in [-0.05, 0) is 13.0 Å². The molecule has 0 radical (unpaired) electrons. The van der Waals surface area contributed by atoms with Crippen LogP contribution in [0.1, 0.15) is 6.92 Å². The third-order valence-corrected chi connectivity index (χ3v) is 2.33. The normalized spacial score (nSPS) is 19.5. The summed E-state index contributed by atoms with van der Waals surface area (Å²) in [6, 6.07) is 8.30. The molecule has 13 heavy (non-hydrogen) atoms. The third-order valence-electron chi connectivity index (χ3n) is 2.33. The van der Waals surface area contributed by atoms with Crippen molar-refractivity contribution in [2.45, 2.75) is 6.92 Å². The van der Waals surface area contributed by atoms with E-state index in [1.165, 1.54) is 11.4 Å². The number of nitrogens with zero attached hydrogens (tertiary/aromatic N) is 1. The Morgan fingerprint density at radius 2 is 2.15 bits per heavy atom. The molecule has 0 bridgehead atoms. The molecule has 0 fully saturated rings. The van der Waals surface area contributed by atoms with Gasteiger partial charge in [-0.15, -0.1) is 0 Å². The predicted molar refractivity (Wildman–Crippen MR) is 49.1 cm³/mol. The van der Waals surface area contributed by atoms with Crippen LogP contribution >= 0.6 is 0 Å². The van der Waals surface area contributed by atoms with Crippen LogP contribution in [0.2, 0.25) is 0 Å². The number of anilines is 1. The van der Waals surface area contributed by atoms with Crippen molar-refractivity contribution in [1.82, 2.24) is 0 Å². The van der Waals surface area contributed by atoms with Gasteiger partial charge >= 0.3 is 0 Å². The number of benzene rings is 1. The molecule has 1 unspecified atom stereocenters. The molecular formula is C9H14IN3. The first-order chi connectivity index (χ1) is 5.83. The molecule has 72 valence electrons. The van der Waals surface area contributed by atoms with Crippen LogP contribution in [0.5, 0.6) is 0 Å². The molecule has 0 amide bonds. The maximum Gasteiger partial charge on any atom is 0.175 e. The van der Waals surface area contributed by atoms with Crippen molar-refractivity contribution in [2.75, 3.05) is 18.1 Å². The van der Waals surface area contributed by atoms with Crippen LogP contribution in [0.3, 0.4) is 0 Å². The first kappa shape index (κ1) is 10.7. The Hall–Kier alpha value is -0.330. The first-order valence-electron chi connectivity index (χ1n) is 4.28. The standard InChI is InChI=1S/C9H13N3.HI/c1-2-11-7-12(10)9-6-4-3-5-8(9)11;/h3-6H,2,7,10H2,1H3;1H. The summed E-state index contributed by atoms with van der Waals surface area (Å²) in [6.07, 6.45) is 0. The number of hydrogen-bond acceptors (Lipinski definition) is 2. The Balaban J connectivity index is 0.000000845. The Labute approximate surface area is 95.5 Å². The van der Waals surface area contributed by atoms with Crippen LogP contribution < -0.4 is 39.7 Å². The molecule has 0 saturated heterocycles. The highest BCUT2D eigenvalue weighted by Crippen LogP contribution is 2.24. The Morgan fingerprint density at radius 1 is 1.46 bits per heavy atom. The lowest BCUT2D eigenvalue weighted by Crippen LogP contribution is -3.12. The summed E-state index contributed by atoms with van der Waals surface area (Å²) in [4.78, 5) is 2.28. The summed E-state index contributed by atoms with van der Waals surface area (Å²) in [7, 11) is 0. The number of rotatable bonds is 1. The SMILES string of the molecule is CCN1C[NH+](N)c2ccccc21.[I-]. The molecule has 1 aromatic rings. The van der Waals surface area contributed by atoms with Gasteiger partial charge in [0.15, 0.2) is 12.4 Å². The fourth-order valence-electron chi connectivity index (χ4n) is 1.68. The molecule has 2 rings (SSSR count). The zero-order valence-corrected chi connectivity index (χ0v) is 9.78. The molecule has 1 atom stereocenters. The fourth-order valence-corrected chi connectivity index (χ4v) is 1.68. The summed E-state index contributed by atoms with van der Waals surface area (Å²) in [5.41, 5.74) is 2.48. The van der Waals surface area contributed by atoms with Gasteiger partial charge in [0.05, 0.1) is 0 Å². The molecule has 1 aliphatic heterocycles. The van der Waals surface area contributed by atoms with Crippen LogP contribution in [-0.2, 0) is 0 Å². The molecule has 0 spiro atoms. The van der Waals surface area contributed by atoms with Gasteiger partial charge in [-0.25, -0.2) is 5.01 Å². The summed E-state index contributed by atoms with van der Waals surface area (Å²) in [5, 5.41) is 0.993. The predicted octanol–water partition coefficient (Wildman–Crippen LogP) is -3.12. The van der Waals surface area contributed by atoms with Gasteiger partial charge in [0.1, 0.15) is 5.69 Å². The minimum atomic E-state index is 0.